The molecule has 11 heavy (non-hydrogen) atoms. The first kappa shape index (κ1) is 8.01. The van der Waals surface area contributed by atoms with E-state index < -0.39 is 0 Å². The maximum atomic E-state index is 8.82. The molecule has 0 bridgehead atoms. The van der Waals surface area contributed by atoms with Gasteiger partial charge in [-0.15, -0.1) is 0 Å². The topological polar surface area (TPSA) is 45.1 Å². The second kappa shape index (κ2) is 3.34. The van der Waals surface area contributed by atoms with E-state index in [1.54, 1.807) is 0 Å². The molecule has 3 nitrogen and oxygen atoms in total. The van der Waals surface area contributed by atoms with Crippen LogP contribution in [0, 0.1) is 6.92 Å². The minimum absolute atomic E-state index is 0.0584. The van der Waals surface area contributed by atoms with Gasteiger partial charge in [0.25, 0.3) is 0 Å². The molecular formula is C8H12N2O. The number of nitrogens with one attached hydrogen (secondary N) is 1. The molecule has 0 fully saturated rings. The Kier molecular flexibility index (Phi) is 2.44. The predicted molar refractivity (Wildman–Crippen MR) is 44.4 cm³/mol. The van der Waals surface area contributed by atoms with Crippen LogP contribution in [-0.2, 0) is 6.61 Å². The summed E-state index contributed by atoms with van der Waals surface area (Å²) in [6.45, 7) is 1.94. The lowest BCUT2D eigenvalue weighted by atomic mass is 10.2. The molecule has 0 amide bonds. The van der Waals surface area contributed by atoms with Crippen molar-refractivity contribution >= 4 is 5.82 Å². The van der Waals surface area contributed by atoms with E-state index in [0.717, 1.165) is 17.1 Å². The molecule has 1 aromatic heterocycles. The minimum Gasteiger partial charge on any atom is -0.392 e. The Morgan fingerprint density at radius 3 is 2.73 bits per heavy atom. The molecule has 0 atom stereocenters. The monoisotopic (exact) mass is 152 g/mol. The largest absolute Gasteiger partial charge is 0.392 e. The van der Waals surface area contributed by atoms with Crippen LogP contribution in [0.15, 0.2) is 12.1 Å². The summed E-state index contributed by atoms with van der Waals surface area (Å²) in [5.41, 5.74) is 1.75. The molecule has 0 unspecified atom stereocenters. The summed E-state index contributed by atoms with van der Waals surface area (Å²) in [7, 11) is 1.82. The van der Waals surface area contributed by atoms with Crippen molar-refractivity contribution in [3.05, 3.63) is 23.4 Å². The predicted octanol–water partition coefficient (Wildman–Crippen LogP) is 0.924. The molecule has 2 N–H and O–H groups in total. The molecule has 0 spiro atoms. The summed E-state index contributed by atoms with van der Waals surface area (Å²) in [5, 5.41) is 11.7. The molecule has 0 saturated carbocycles. The van der Waals surface area contributed by atoms with E-state index in [0.29, 0.717) is 0 Å². The van der Waals surface area contributed by atoms with Gasteiger partial charge in [-0.2, -0.15) is 0 Å². The van der Waals surface area contributed by atoms with Gasteiger partial charge in [-0.05, 0) is 18.6 Å². The van der Waals surface area contributed by atoms with Gasteiger partial charge in [0.15, 0.2) is 0 Å². The van der Waals surface area contributed by atoms with E-state index in [2.05, 4.69) is 10.3 Å². The Morgan fingerprint density at radius 1 is 1.55 bits per heavy atom. The highest BCUT2D eigenvalue weighted by Gasteiger charge is 1.97. The average Bonchev–Trinajstić information content (AvgIpc) is 2.04. The summed E-state index contributed by atoms with van der Waals surface area (Å²) in [4.78, 5) is 4.19. The smallest absolute Gasteiger partial charge is 0.125 e. The highest BCUT2D eigenvalue weighted by atomic mass is 16.3. The lowest BCUT2D eigenvalue weighted by Crippen LogP contribution is -1.97. The molecule has 0 aliphatic carbocycles. The van der Waals surface area contributed by atoms with E-state index in [9.17, 15) is 0 Å². The van der Waals surface area contributed by atoms with Crippen molar-refractivity contribution in [3.8, 4) is 0 Å². The second-order valence-electron chi connectivity index (χ2n) is 2.35. The molecule has 0 saturated heterocycles. The van der Waals surface area contributed by atoms with Gasteiger partial charge in [0, 0.05) is 12.7 Å². The summed E-state index contributed by atoms with van der Waals surface area (Å²) in [6, 6.07) is 3.72. The lowest BCUT2D eigenvalue weighted by Gasteiger charge is -2.03. The van der Waals surface area contributed by atoms with Crippen molar-refractivity contribution in [1.29, 1.82) is 0 Å². The third-order valence-corrected chi connectivity index (χ3v) is 1.62. The van der Waals surface area contributed by atoms with Crippen LogP contribution in [0.4, 0.5) is 5.82 Å². The molecule has 1 aromatic rings. The number of aliphatic hydroxyl groups excluding tert-OH is 1. The number of hydrogen-bond donors (Lipinski definition) is 2. The van der Waals surface area contributed by atoms with Crippen molar-refractivity contribution in [2.75, 3.05) is 12.4 Å². The lowest BCUT2D eigenvalue weighted by molar-refractivity contribution is 0.280. The third-order valence-electron chi connectivity index (χ3n) is 1.62. The number of aryl methyl sites for hydroxylation is 1. The summed E-state index contributed by atoms with van der Waals surface area (Å²) < 4.78 is 0. The van der Waals surface area contributed by atoms with Gasteiger partial charge in [-0.25, -0.2) is 4.98 Å². The fourth-order valence-corrected chi connectivity index (χ4v) is 0.896. The molecule has 1 rings (SSSR count). The Balaban J connectivity index is 2.99. The number of aromatic nitrogens is 1. The van der Waals surface area contributed by atoms with Gasteiger partial charge >= 0.3 is 0 Å². The van der Waals surface area contributed by atoms with Crippen molar-refractivity contribution in [2.45, 2.75) is 13.5 Å². The number of anilines is 1. The van der Waals surface area contributed by atoms with Crippen molar-refractivity contribution < 1.29 is 5.11 Å². The zero-order valence-electron chi connectivity index (χ0n) is 6.76. The van der Waals surface area contributed by atoms with Gasteiger partial charge in [-0.3, -0.25) is 0 Å². The molecule has 0 radical (unpaired) electrons. The molecule has 0 aliphatic heterocycles. The van der Waals surface area contributed by atoms with Gasteiger partial charge in [0.2, 0.25) is 0 Å². The van der Waals surface area contributed by atoms with Crippen LogP contribution >= 0.6 is 0 Å². The zero-order chi connectivity index (χ0) is 8.27. The van der Waals surface area contributed by atoms with Crippen LogP contribution in [0.3, 0.4) is 0 Å². The fourth-order valence-electron chi connectivity index (χ4n) is 0.896. The molecule has 0 aliphatic rings. The Morgan fingerprint density at radius 2 is 2.27 bits per heavy atom. The summed E-state index contributed by atoms with van der Waals surface area (Å²) in [6.07, 6.45) is 0. The van der Waals surface area contributed by atoms with Gasteiger partial charge in [0.05, 0.1) is 6.61 Å². The first-order valence-corrected chi connectivity index (χ1v) is 3.53. The first-order chi connectivity index (χ1) is 5.27. The van der Waals surface area contributed by atoms with Gasteiger partial charge < -0.3 is 10.4 Å². The number of nitrogens with zero attached hydrogens (tertiary/aromatic N) is 1. The van der Waals surface area contributed by atoms with Crippen molar-refractivity contribution in [3.63, 3.8) is 0 Å². The summed E-state index contributed by atoms with van der Waals surface area (Å²) in [5.74, 6) is 0.833. The zero-order valence-corrected chi connectivity index (χ0v) is 6.76. The standard InChI is InChI=1S/C8H12N2O/c1-6-7(5-11)3-4-8(9-2)10-6/h3-4,11H,5H2,1-2H3,(H,9,10). The van der Waals surface area contributed by atoms with Crippen LogP contribution in [-0.4, -0.2) is 17.1 Å². The third kappa shape index (κ3) is 1.68. The Bertz CT molecular complexity index is 248. The van der Waals surface area contributed by atoms with E-state index >= 15 is 0 Å². The van der Waals surface area contributed by atoms with Gasteiger partial charge in [-0.1, -0.05) is 6.07 Å². The highest BCUT2D eigenvalue weighted by Crippen LogP contribution is 2.09. The van der Waals surface area contributed by atoms with Crippen LogP contribution in [0.1, 0.15) is 11.3 Å². The highest BCUT2D eigenvalue weighted by molar-refractivity contribution is 5.37. The SMILES string of the molecule is CNc1ccc(CO)c(C)n1. The average molecular weight is 152 g/mol. The maximum absolute atomic E-state index is 8.82. The van der Waals surface area contributed by atoms with Crippen LogP contribution in [0.5, 0.6) is 0 Å². The van der Waals surface area contributed by atoms with Crippen LogP contribution < -0.4 is 5.32 Å². The van der Waals surface area contributed by atoms with Gasteiger partial charge in [0.1, 0.15) is 5.82 Å². The second-order valence-corrected chi connectivity index (χ2v) is 2.35. The van der Waals surface area contributed by atoms with E-state index in [1.807, 2.05) is 26.1 Å². The number of hydrogen-bond acceptors (Lipinski definition) is 3. The molecule has 60 valence electrons. The van der Waals surface area contributed by atoms with E-state index in [-0.39, 0.29) is 6.61 Å². The minimum atomic E-state index is 0.0584. The molecule has 0 aromatic carbocycles. The maximum Gasteiger partial charge on any atom is 0.125 e. The van der Waals surface area contributed by atoms with Crippen molar-refractivity contribution in [1.82, 2.24) is 4.98 Å². The van der Waals surface area contributed by atoms with Crippen LogP contribution in [0.25, 0.3) is 0 Å². The summed E-state index contributed by atoms with van der Waals surface area (Å²) >= 11 is 0. The quantitative estimate of drug-likeness (QED) is 0.662. The Hall–Kier alpha value is -1.09. The van der Waals surface area contributed by atoms with Crippen LogP contribution in [0.2, 0.25) is 0 Å². The van der Waals surface area contributed by atoms with E-state index in [1.165, 1.54) is 0 Å². The Labute approximate surface area is 66.1 Å². The van der Waals surface area contributed by atoms with Crippen molar-refractivity contribution in [2.24, 2.45) is 0 Å². The number of pyridine rings is 1. The molecular weight excluding hydrogens is 140 g/mol. The number of aliphatic hydroxyl groups is 1. The number of rotatable bonds is 2. The first-order valence-electron chi connectivity index (χ1n) is 3.53. The molecule has 1 heterocycles. The van der Waals surface area contributed by atoms with E-state index in [4.69, 9.17) is 5.11 Å². The normalized spacial score (nSPS) is 9.73. The molecule has 3 heteroatoms. The fraction of sp³-hybridized carbons (Fsp3) is 0.375.